The Labute approximate surface area is 106 Å². The van der Waals surface area contributed by atoms with Gasteiger partial charge in [-0.3, -0.25) is 4.68 Å². The highest BCUT2D eigenvalue weighted by molar-refractivity contribution is 7.71. The van der Waals surface area contributed by atoms with Gasteiger partial charge in [0.1, 0.15) is 0 Å². The lowest BCUT2D eigenvalue weighted by Crippen LogP contribution is -2.18. The summed E-state index contributed by atoms with van der Waals surface area (Å²) in [7, 11) is 1.92. The summed E-state index contributed by atoms with van der Waals surface area (Å²) in [6.45, 7) is 7.26. The number of hydrogen-bond acceptors (Lipinski definition) is 2. The summed E-state index contributed by atoms with van der Waals surface area (Å²) in [5.74, 6) is 0. The molecule has 2 aromatic heterocycles. The fourth-order valence-electron chi connectivity index (χ4n) is 1.88. The Hall–Kier alpha value is -1.36. The molecule has 0 aliphatic carbocycles. The Morgan fingerprint density at radius 2 is 2.12 bits per heavy atom. The van der Waals surface area contributed by atoms with Crippen molar-refractivity contribution in [2.24, 2.45) is 7.05 Å². The minimum absolute atomic E-state index is 0.0718. The van der Waals surface area contributed by atoms with Gasteiger partial charge in [0, 0.05) is 30.6 Å². The van der Waals surface area contributed by atoms with E-state index in [9.17, 15) is 0 Å². The van der Waals surface area contributed by atoms with Crippen molar-refractivity contribution in [3.8, 4) is 0 Å². The minimum atomic E-state index is 0.0718. The minimum Gasteiger partial charge on any atom is -0.337 e. The fraction of sp³-hybridized carbons (Fsp3) is 0.500. The third kappa shape index (κ3) is 2.49. The smallest absolute Gasteiger partial charge is 0.177 e. The molecule has 2 aromatic rings. The average molecular weight is 250 g/mol. The number of imidazole rings is 1. The van der Waals surface area contributed by atoms with E-state index in [0.29, 0.717) is 0 Å². The normalized spacial score (nSPS) is 12.0. The van der Waals surface area contributed by atoms with Crippen LogP contribution in [0.2, 0.25) is 0 Å². The molecule has 5 heteroatoms. The van der Waals surface area contributed by atoms with Crippen LogP contribution in [0.25, 0.3) is 0 Å². The van der Waals surface area contributed by atoms with E-state index in [0.717, 1.165) is 17.0 Å². The van der Waals surface area contributed by atoms with Crippen LogP contribution in [0.3, 0.4) is 0 Å². The molecule has 0 aromatic carbocycles. The Morgan fingerprint density at radius 3 is 2.65 bits per heavy atom. The molecule has 92 valence electrons. The van der Waals surface area contributed by atoms with Crippen LogP contribution in [0.4, 0.5) is 0 Å². The number of rotatable bonds is 2. The molecule has 0 bridgehead atoms. The van der Waals surface area contributed by atoms with Gasteiger partial charge >= 0.3 is 0 Å². The second-order valence-electron chi connectivity index (χ2n) is 5.30. The first-order valence-electron chi connectivity index (χ1n) is 5.65. The molecule has 0 atom stereocenters. The summed E-state index contributed by atoms with van der Waals surface area (Å²) in [5.41, 5.74) is 2.30. The number of nitrogens with zero attached hydrogens (tertiary/aromatic N) is 3. The fourth-order valence-corrected chi connectivity index (χ4v) is 2.11. The summed E-state index contributed by atoms with van der Waals surface area (Å²) >= 11 is 5.32. The molecular formula is C12H18N4S. The Bertz CT molecular complexity index is 568. The predicted molar refractivity (Wildman–Crippen MR) is 70.6 cm³/mol. The van der Waals surface area contributed by atoms with E-state index in [1.165, 1.54) is 5.69 Å². The zero-order valence-electron chi connectivity index (χ0n) is 10.7. The maximum absolute atomic E-state index is 5.32. The highest BCUT2D eigenvalue weighted by atomic mass is 32.1. The lowest BCUT2D eigenvalue weighted by atomic mass is 9.92. The molecule has 0 fully saturated rings. The Kier molecular flexibility index (Phi) is 2.95. The highest BCUT2D eigenvalue weighted by Crippen LogP contribution is 2.22. The van der Waals surface area contributed by atoms with Crippen LogP contribution in [0.15, 0.2) is 18.5 Å². The predicted octanol–water partition coefficient (Wildman–Crippen LogP) is 2.62. The number of aromatic nitrogens is 4. The van der Waals surface area contributed by atoms with Crippen molar-refractivity contribution in [1.29, 1.82) is 0 Å². The summed E-state index contributed by atoms with van der Waals surface area (Å²) in [4.78, 5) is 3.11. The van der Waals surface area contributed by atoms with Gasteiger partial charge in [0.2, 0.25) is 0 Å². The summed E-state index contributed by atoms with van der Waals surface area (Å²) in [6, 6.07) is 2.02. The summed E-state index contributed by atoms with van der Waals surface area (Å²) in [5, 5.41) is 4.39. The number of H-pyrrole nitrogens is 1. The third-order valence-corrected chi connectivity index (χ3v) is 3.06. The second kappa shape index (κ2) is 4.14. The van der Waals surface area contributed by atoms with Crippen molar-refractivity contribution < 1.29 is 0 Å². The van der Waals surface area contributed by atoms with Gasteiger partial charge in [0.25, 0.3) is 0 Å². The van der Waals surface area contributed by atoms with Crippen LogP contribution in [0.5, 0.6) is 0 Å². The van der Waals surface area contributed by atoms with E-state index in [1.54, 1.807) is 0 Å². The van der Waals surface area contributed by atoms with Crippen LogP contribution in [0, 0.1) is 4.77 Å². The van der Waals surface area contributed by atoms with Crippen molar-refractivity contribution in [1.82, 2.24) is 19.3 Å². The Balaban J connectivity index is 2.39. The van der Waals surface area contributed by atoms with Crippen LogP contribution in [-0.4, -0.2) is 19.3 Å². The van der Waals surface area contributed by atoms with Crippen molar-refractivity contribution in [3.05, 3.63) is 34.6 Å². The maximum atomic E-state index is 5.32. The lowest BCUT2D eigenvalue weighted by molar-refractivity contribution is 0.526. The first-order chi connectivity index (χ1) is 7.88. The van der Waals surface area contributed by atoms with Crippen molar-refractivity contribution >= 4 is 12.2 Å². The van der Waals surface area contributed by atoms with E-state index in [2.05, 4.69) is 35.4 Å². The van der Waals surface area contributed by atoms with Gasteiger partial charge in [-0.1, -0.05) is 20.8 Å². The van der Waals surface area contributed by atoms with E-state index in [1.807, 2.05) is 30.2 Å². The lowest BCUT2D eigenvalue weighted by Gasteiger charge is -2.20. The van der Waals surface area contributed by atoms with Crippen molar-refractivity contribution in [2.75, 3.05) is 0 Å². The Morgan fingerprint density at radius 1 is 1.41 bits per heavy atom. The van der Waals surface area contributed by atoms with Crippen molar-refractivity contribution in [2.45, 2.75) is 32.7 Å². The summed E-state index contributed by atoms with van der Waals surface area (Å²) in [6.07, 6.45) is 3.94. The van der Waals surface area contributed by atoms with Gasteiger partial charge in [-0.05, 0) is 18.3 Å². The van der Waals surface area contributed by atoms with E-state index in [4.69, 9.17) is 12.2 Å². The molecule has 17 heavy (non-hydrogen) atoms. The van der Waals surface area contributed by atoms with Crippen LogP contribution in [-0.2, 0) is 19.0 Å². The third-order valence-electron chi connectivity index (χ3n) is 2.73. The number of nitrogens with one attached hydrogen (secondary N) is 1. The summed E-state index contributed by atoms with van der Waals surface area (Å²) < 4.78 is 4.67. The number of aromatic amines is 1. The molecule has 2 rings (SSSR count). The average Bonchev–Trinajstić information content (AvgIpc) is 2.74. The standard InChI is InChI=1S/C12H18N4S/c1-12(2,3)10-7-13-11(17)16(10)8-9-5-6-15(4)14-9/h5-7H,8H2,1-4H3,(H,13,17). The van der Waals surface area contributed by atoms with Gasteiger partial charge in [-0.2, -0.15) is 5.10 Å². The maximum Gasteiger partial charge on any atom is 0.177 e. The molecule has 0 saturated heterocycles. The molecular weight excluding hydrogens is 232 g/mol. The molecule has 0 unspecified atom stereocenters. The molecule has 1 N–H and O–H groups in total. The molecule has 0 radical (unpaired) electrons. The highest BCUT2D eigenvalue weighted by Gasteiger charge is 2.19. The van der Waals surface area contributed by atoms with Crippen LogP contribution >= 0.6 is 12.2 Å². The van der Waals surface area contributed by atoms with E-state index in [-0.39, 0.29) is 5.41 Å². The number of hydrogen-bond donors (Lipinski definition) is 1. The quantitative estimate of drug-likeness (QED) is 0.832. The SMILES string of the molecule is Cn1ccc(Cn2c(C(C)(C)C)c[nH]c2=S)n1. The topological polar surface area (TPSA) is 38.5 Å². The van der Waals surface area contributed by atoms with E-state index >= 15 is 0 Å². The molecule has 0 saturated carbocycles. The molecule has 0 spiro atoms. The molecule has 0 aliphatic heterocycles. The molecule has 4 nitrogen and oxygen atoms in total. The number of aryl methyl sites for hydroxylation is 1. The van der Waals surface area contributed by atoms with E-state index < -0.39 is 0 Å². The molecule has 2 heterocycles. The first-order valence-corrected chi connectivity index (χ1v) is 6.06. The largest absolute Gasteiger partial charge is 0.337 e. The zero-order chi connectivity index (χ0) is 12.6. The van der Waals surface area contributed by atoms with Gasteiger partial charge < -0.3 is 9.55 Å². The van der Waals surface area contributed by atoms with Gasteiger partial charge in [0.05, 0.1) is 12.2 Å². The first kappa shape index (κ1) is 12.1. The van der Waals surface area contributed by atoms with Crippen molar-refractivity contribution in [3.63, 3.8) is 0 Å². The second-order valence-corrected chi connectivity index (χ2v) is 5.68. The van der Waals surface area contributed by atoms with Gasteiger partial charge in [-0.25, -0.2) is 0 Å². The zero-order valence-corrected chi connectivity index (χ0v) is 11.5. The van der Waals surface area contributed by atoms with Crippen LogP contribution in [0.1, 0.15) is 32.2 Å². The molecule has 0 aliphatic rings. The van der Waals surface area contributed by atoms with Crippen LogP contribution < -0.4 is 0 Å². The molecule has 0 amide bonds. The van der Waals surface area contributed by atoms with Gasteiger partial charge in [-0.15, -0.1) is 0 Å². The monoisotopic (exact) mass is 250 g/mol. The van der Waals surface area contributed by atoms with Gasteiger partial charge in [0.15, 0.2) is 4.77 Å².